The molecule has 1 N–H and O–H groups in total. The molecule has 0 heterocycles. The summed E-state index contributed by atoms with van der Waals surface area (Å²) in [6, 6.07) is 10.1. The summed E-state index contributed by atoms with van der Waals surface area (Å²) in [4.78, 5) is 23.8. The van der Waals surface area contributed by atoms with Crippen molar-refractivity contribution < 1.29 is 19.1 Å². The first-order valence-corrected chi connectivity index (χ1v) is 9.35. The summed E-state index contributed by atoms with van der Waals surface area (Å²) in [5, 5.41) is 3.79. The lowest BCUT2D eigenvalue weighted by Gasteiger charge is -2.11. The molecule has 0 aliphatic carbocycles. The van der Waals surface area contributed by atoms with Crippen LogP contribution < -0.4 is 14.8 Å². The number of amides is 1. The summed E-state index contributed by atoms with van der Waals surface area (Å²) in [7, 11) is 1.48. The van der Waals surface area contributed by atoms with E-state index in [1.54, 1.807) is 56.3 Å². The van der Waals surface area contributed by atoms with Crippen LogP contribution in [0.2, 0.25) is 10.0 Å². The Morgan fingerprint density at radius 1 is 1.11 bits per heavy atom. The zero-order valence-electron chi connectivity index (χ0n) is 15.8. The summed E-state index contributed by atoms with van der Waals surface area (Å²) >= 11 is 11.9. The van der Waals surface area contributed by atoms with E-state index in [0.717, 1.165) is 11.1 Å². The van der Waals surface area contributed by atoms with E-state index in [1.807, 2.05) is 0 Å². The van der Waals surface area contributed by atoms with Gasteiger partial charge in [-0.05, 0) is 41.5 Å². The number of nitrogens with one attached hydrogen (secondary N) is 1. The second-order valence-electron chi connectivity index (χ2n) is 6.27. The first-order valence-electron chi connectivity index (χ1n) is 8.59. The number of halogens is 2. The van der Waals surface area contributed by atoms with Crippen LogP contribution in [0.4, 0.5) is 0 Å². The average Bonchev–Trinajstić information content (AvgIpc) is 2.66. The number of carbonyl (C=O) groups excluding carboxylic acids is 2. The van der Waals surface area contributed by atoms with E-state index in [-0.39, 0.29) is 24.3 Å². The summed E-state index contributed by atoms with van der Waals surface area (Å²) in [5.74, 6) is -0.131. The maximum Gasteiger partial charge on any atom is 0.313 e. The van der Waals surface area contributed by atoms with Crippen LogP contribution in [0.25, 0.3) is 6.08 Å². The Bertz CT molecular complexity index is 894. The van der Waals surface area contributed by atoms with Gasteiger partial charge in [-0.2, -0.15) is 0 Å². The van der Waals surface area contributed by atoms with E-state index in [2.05, 4.69) is 5.32 Å². The van der Waals surface area contributed by atoms with Crippen LogP contribution >= 0.6 is 23.2 Å². The topological polar surface area (TPSA) is 64.6 Å². The smallest absolute Gasteiger partial charge is 0.313 e. The zero-order valence-corrected chi connectivity index (χ0v) is 17.3. The van der Waals surface area contributed by atoms with Crippen molar-refractivity contribution in [1.29, 1.82) is 0 Å². The lowest BCUT2D eigenvalue weighted by Crippen LogP contribution is -2.20. The molecule has 0 unspecified atom stereocenters. The fraction of sp³-hybridized carbons (Fsp3) is 0.238. The molecule has 28 heavy (non-hydrogen) atoms. The normalized spacial score (nSPS) is 10.9. The van der Waals surface area contributed by atoms with Gasteiger partial charge in [0.2, 0.25) is 5.91 Å². The van der Waals surface area contributed by atoms with Gasteiger partial charge >= 0.3 is 5.97 Å². The number of methoxy groups -OCH3 is 1. The van der Waals surface area contributed by atoms with Crippen molar-refractivity contribution in [3.8, 4) is 11.5 Å². The molecule has 0 aliphatic heterocycles. The van der Waals surface area contributed by atoms with Gasteiger partial charge in [-0.25, -0.2) is 0 Å². The summed E-state index contributed by atoms with van der Waals surface area (Å²) in [5.41, 5.74) is 1.49. The Labute approximate surface area is 174 Å². The molecular formula is C21H21Cl2NO4. The minimum Gasteiger partial charge on any atom is -0.493 e. The van der Waals surface area contributed by atoms with Crippen molar-refractivity contribution in [1.82, 2.24) is 5.32 Å². The molecule has 0 aromatic heterocycles. The van der Waals surface area contributed by atoms with Crippen LogP contribution in [0, 0.1) is 5.92 Å². The van der Waals surface area contributed by atoms with Gasteiger partial charge in [0.05, 0.1) is 13.0 Å². The van der Waals surface area contributed by atoms with Crippen molar-refractivity contribution in [2.75, 3.05) is 7.11 Å². The molecule has 5 nitrogen and oxygen atoms in total. The average molecular weight is 422 g/mol. The highest BCUT2D eigenvalue weighted by molar-refractivity contribution is 6.35. The van der Waals surface area contributed by atoms with Crippen LogP contribution in [0.15, 0.2) is 42.5 Å². The molecule has 2 aromatic rings. The number of benzene rings is 2. The van der Waals surface area contributed by atoms with Gasteiger partial charge in [0.15, 0.2) is 11.5 Å². The Morgan fingerprint density at radius 3 is 2.50 bits per heavy atom. The number of carbonyl (C=O) groups is 2. The maximum absolute atomic E-state index is 12.0. The van der Waals surface area contributed by atoms with Crippen LogP contribution in [0.3, 0.4) is 0 Å². The van der Waals surface area contributed by atoms with E-state index in [0.29, 0.717) is 21.5 Å². The van der Waals surface area contributed by atoms with Gasteiger partial charge in [-0.15, -0.1) is 0 Å². The first kappa shape index (κ1) is 21.8. The molecule has 1 amide bonds. The predicted molar refractivity (Wildman–Crippen MR) is 111 cm³/mol. The third-order valence-corrected chi connectivity index (χ3v) is 4.35. The number of hydrogen-bond acceptors (Lipinski definition) is 4. The fourth-order valence-corrected chi connectivity index (χ4v) is 2.65. The lowest BCUT2D eigenvalue weighted by atomic mass is 10.1. The molecule has 0 saturated carbocycles. The molecular weight excluding hydrogens is 401 g/mol. The summed E-state index contributed by atoms with van der Waals surface area (Å²) in [6.07, 6.45) is 3.04. The Kier molecular flexibility index (Phi) is 7.91. The second kappa shape index (κ2) is 10.2. The SMILES string of the molecule is COc1cc(/C=C/C(=O)NCc2ccc(Cl)cc2Cl)ccc1OC(=O)C(C)C. The van der Waals surface area contributed by atoms with Crippen LogP contribution in [0.5, 0.6) is 11.5 Å². The molecule has 0 bridgehead atoms. The quantitative estimate of drug-likeness (QED) is 0.392. The molecule has 0 spiro atoms. The molecule has 0 radical (unpaired) electrons. The Balaban J connectivity index is 2.00. The minimum absolute atomic E-state index is 0.248. The first-order chi connectivity index (χ1) is 13.3. The fourth-order valence-electron chi connectivity index (χ4n) is 2.18. The zero-order chi connectivity index (χ0) is 20.7. The van der Waals surface area contributed by atoms with Crippen molar-refractivity contribution in [3.63, 3.8) is 0 Å². The van der Waals surface area contributed by atoms with Gasteiger partial charge in [-0.1, -0.05) is 49.2 Å². The van der Waals surface area contributed by atoms with Gasteiger partial charge in [0.25, 0.3) is 0 Å². The van der Waals surface area contributed by atoms with Crippen molar-refractivity contribution in [3.05, 3.63) is 63.6 Å². The highest BCUT2D eigenvalue weighted by Gasteiger charge is 2.13. The Morgan fingerprint density at radius 2 is 1.86 bits per heavy atom. The van der Waals surface area contributed by atoms with E-state index < -0.39 is 0 Å². The van der Waals surface area contributed by atoms with Crippen molar-refractivity contribution in [2.24, 2.45) is 5.92 Å². The van der Waals surface area contributed by atoms with Gasteiger partial charge in [-0.3, -0.25) is 9.59 Å². The maximum atomic E-state index is 12.0. The van der Waals surface area contributed by atoms with Gasteiger partial charge in [0.1, 0.15) is 0 Å². The summed E-state index contributed by atoms with van der Waals surface area (Å²) in [6.45, 7) is 3.79. The van der Waals surface area contributed by atoms with E-state index in [1.165, 1.54) is 13.2 Å². The molecule has 0 atom stereocenters. The van der Waals surface area contributed by atoms with Crippen LogP contribution in [0.1, 0.15) is 25.0 Å². The summed E-state index contributed by atoms with van der Waals surface area (Å²) < 4.78 is 10.6. The van der Waals surface area contributed by atoms with E-state index in [9.17, 15) is 9.59 Å². The third-order valence-electron chi connectivity index (χ3n) is 3.76. The molecule has 0 saturated heterocycles. The highest BCUT2D eigenvalue weighted by atomic mass is 35.5. The number of esters is 1. The van der Waals surface area contributed by atoms with Crippen LogP contribution in [-0.4, -0.2) is 19.0 Å². The molecule has 0 fully saturated rings. The molecule has 2 aromatic carbocycles. The molecule has 148 valence electrons. The third kappa shape index (κ3) is 6.29. The predicted octanol–water partition coefficient (Wildman–Crippen LogP) is 4.89. The number of ether oxygens (including phenoxy) is 2. The molecule has 7 heteroatoms. The standard InChI is InChI=1S/C21H21Cl2NO4/c1-13(2)21(26)28-18-8-4-14(10-19(18)27-3)5-9-20(25)24-12-15-6-7-16(22)11-17(15)23/h4-11,13H,12H2,1-3H3,(H,24,25)/b9-5+. The number of hydrogen-bond donors (Lipinski definition) is 1. The number of rotatable bonds is 7. The van der Waals surface area contributed by atoms with Gasteiger partial charge in [0, 0.05) is 22.7 Å². The van der Waals surface area contributed by atoms with E-state index >= 15 is 0 Å². The van der Waals surface area contributed by atoms with Gasteiger partial charge < -0.3 is 14.8 Å². The van der Waals surface area contributed by atoms with Crippen LogP contribution in [-0.2, 0) is 16.1 Å². The van der Waals surface area contributed by atoms with Crippen molar-refractivity contribution in [2.45, 2.75) is 20.4 Å². The minimum atomic E-state index is -0.346. The lowest BCUT2D eigenvalue weighted by molar-refractivity contribution is -0.137. The van der Waals surface area contributed by atoms with E-state index in [4.69, 9.17) is 32.7 Å². The molecule has 2 rings (SSSR count). The van der Waals surface area contributed by atoms with Crippen molar-refractivity contribution >= 4 is 41.2 Å². The molecule has 0 aliphatic rings. The monoisotopic (exact) mass is 421 g/mol. The second-order valence-corrected chi connectivity index (χ2v) is 7.12. The Hall–Kier alpha value is -2.50. The largest absolute Gasteiger partial charge is 0.493 e. The highest BCUT2D eigenvalue weighted by Crippen LogP contribution is 2.29.